The summed E-state index contributed by atoms with van der Waals surface area (Å²) in [7, 11) is 1.78. The Balaban J connectivity index is 0.00000280. The number of aromatic nitrogens is 3. The highest BCUT2D eigenvalue weighted by Gasteiger charge is 2.06. The maximum absolute atomic E-state index is 4.50. The number of aliphatic imine (C=N–C) groups is 1. The summed E-state index contributed by atoms with van der Waals surface area (Å²) >= 11 is 1.74. The van der Waals surface area contributed by atoms with Crippen LogP contribution in [0.3, 0.4) is 0 Å². The lowest BCUT2D eigenvalue weighted by Gasteiger charge is -2.12. The Labute approximate surface area is 187 Å². The molecule has 6 nitrogen and oxygen atoms in total. The summed E-state index contributed by atoms with van der Waals surface area (Å²) in [6.07, 6.45) is 7.70. The number of rotatable bonds is 8. The zero-order valence-electron chi connectivity index (χ0n) is 16.3. The molecule has 0 saturated carbocycles. The van der Waals surface area contributed by atoms with Crippen LogP contribution in [0, 0.1) is 0 Å². The second-order valence-electron chi connectivity index (χ2n) is 6.13. The van der Waals surface area contributed by atoms with Crippen LogP contribution in [0.2, 0.25) is 0 Å². The Morgan fingerprint density at radius 3 is 2.71 bits per heavy atom. The highest BCUT2D eigenvalue weighted by molar-refractivity contribution is 14.0. The molecule has 0 bridgehead atoms. The summed E-state index contributed by atoms with van der Waals surface area (Å²) < 4.78 is 2.19. The van der Waals surface area contributed by atoms with E-state index in [4.69, 9.17) is 0 Å². The van der Waals surface area contributed by atoms with Crippen molar-refractivity contribution in [2.24, 2.45) is 4.99 Å². The van der Waals surface area contributed by atoms with Gasteiger partial charge in [0.2, 0.25) is 0 Å². The number of thiazole rings is 1. The van der Waals surface area contributed by atoms with E-state index in [2.05, 4.69) is 61.4 Å². The van der Waals surface area contributed by atoms with E-state index in [1.54, 1.807) is 18.4 Å². The number of halogens is 1. The van der Waals surface area contributed by atoms with Crippen molar-refractivity contribution in [2.75, 3.05) is 13.6 Å². The molecule has 28 heavy (non-hydrogen) atoms. The average molecular weight is 510 g/mol. The number of nitrogens with one attached hydrogen (secondary N) is 2. The van der Waals surface area contributed by atoms with Crippen LogP contribution in [-0.4, -0.2) is 34.1 Å². The van der Waals surface area contributed by atoms with E-state index in [-0.39, 0.29) is 24.0 Å². The second-order valence-corrected chi connectivity index (χ2v) is 7.33. The second kappa shape index (κ2) is 11.8. The standard InChI is InChI=1S/C20H26N6S.HI/c1-3-17-13-24-19(27-17)14-25-20(21-2)23-10-9-18-22-11-12-26(18)15-16-7-5-4-6-8-16;/h4-8,11-13H,3,9-10,14-15H2,1-2H3,(H2,21,23,25);1H. The van der Waals surface area contributed by atoms with Crippen molar-refractivity contribution in [2.45, 2.75) is 32.9 Å². The molecule has 8 heteroatoms. The quantitative estimate of drug-likeness (QED) is 0.277. The Morgan fingerprint density at radius 1 is 1.18 bits per heavy atom. The third kappa shape index (κ3) is 6.59. The first kappa shape index (κ1) is 22.4. The molecule has 1 aromatic carbocycles. The molecule has 3 rings (SSSR count). The fourth-order valence-electron chi connectivity index (χ4n) is 2.76. The van der Waals surface area contributed by atoms with E-state index >= 15 is 0 Å². The summed E-state index contributed by atoms with van der Waals surface area (Å²) in [5.41, 5.74) is 1.28. The smallest absolute Gasteiger partial charge is 0.191 e. The lowest BCUT2D eigenvalue weighted by molar-refractivity contribution is 0.694. The van der Waals surface area contributed by atoms with Crippen molar-refractivity contribution < 1.29 is 0 Å². The minimum Gasteiger partial charge on any atom is -0.356 e. The third-order valence-electron chi connectivity index (χ3n) is 4.22. The third-order valence-corrected chi connectivity index (χ3v) is 5.36. The van der Waals surface area contributed by atoms with Gasteiger partial charge in [0.1, 0.15) is 10.8 Å². The van der Waals surface area contributed by atoms with Crippen LogP contribution in [0.4, 0.5) is 0 Å². The summed E-state index contributed by atoms with van der Waals surface area (Å²) in [5.74, 6) is 1.85. The highest BCUT2D eigenvalue weighted by Crippen LogP contribution is 2.12. The molecule has 0 aliphatic carbocycles. The normalized spacial score (nSPS) is 11.1. The molecule has 2 aromatic heterocycles. The van der Waals surface area contributed by atoms with Gasteiger partial charge in [0, 0.05) is 50.0 Å². The maximum atomic E-state index is 4.50. The lowest BCUT2D eigenvalue weighted by atomic mass is 10.2. The van der Waals surface area contributed by atoms with Gasteiger partial charge in [-0.15, -0.1) is 35.3 Å². The van der Waals surface area contributed by atoms with Gasteiger partial charge in [-0.1, -0.05) is 37.3 Å². The van der Waals surface area contributed by atoms with E-state index in [1.807, 2.05) is 24.7 Å². The average Bonchev–Trinajstić information content (AvgIpc) is 3.34. The summed E-state index contributed by atoms with van der Waals surface area (Å²) in [6.45, 7) is 4.44. The van der Waals surface area contributed by atoms with Gasteiger partial charge in [-0.3, -0.25) is 4.99 Å². The van der Waals surface area contributed by atoms with E-state index < -0.39 is 0 Å². The van der Waals surface area contributed by atoms with Crippen molar-refractivity contribution in [1.82, 2.24) is 25.2 Å². The number of hydrogen-bond acceptors (Lipinski definition) is 4. The first-order valence-corrected chi connectivity index (χ1v) is 10.0. The monoisotopic (exact) mass is 510 g/mol. The van der Waals surface area contributed by atoms with Crippen molar-refractivity contribution in [1.29, 1.82) is 0 Å². The molecular weight excluding hydrogens is 483 g/mol. The molecule has 3 aromatic rings. The highest BCUT2D eigenvalue weighted by atomic mass is 127. The first-order valence-electron chi connectivity index (χ1n) is 9.20. The predicted octanol–water partition coefficient (Wildman–Crippen LogP) is 3.48. The summed E-state index contributed by atoms with van der Waals surface area (Å²) in [5, 5.41) is 7.75. The molecule has 0 aliphatic heterocycles. The molecule has 0 spiro atoms. The fourth-order valence-corrected chi connectivity index (χ4v) is 3.56. The zero-order valence-corrected chi connectivity index (χ0v) is 19.4. The van der Waals surface area contributed by atoms with E-state index in [9.17, 15) is 0 Å². The Morgan fingerprint density at radius 2 is 2.00 bits per heavy atom. The molecule has 150 valence electrons. The van der Waals surface area contributed by atoms with Gasteiger partial charge in [0.05, 0.1) is 6.54 Å². The molecule has 0 unspecified atom stereocenters. The van der Waals surface area contributed by atoms with Gasteiger partial charge in [-0.2, -0.15) is 0 Å². The van der Waals surface area contributed by atoms with Crippen LogP contribution in [-0.2, 0) is 25.9 Å². The van der Waals surface area contributed by atoms with E-state index in [0.29, 0.717) is 6.54 Å². The van der Waals surface area contributed by atoms with Crippen LogP contribution < -0.4 is 10.6 Å². The minimum atomic E-state index is 0. The number of imidazole rings is 1. The molecule has 0 amide bonds. The van der Waals surface area contributed by atoms with Gasteiger partial charge in [0.15, 0.2) is 5.96 Å². The first-order chi connectivity index (χ1) is 13.3. The van der Waals surface area contributed by atoms with Crippen molar-refractivity contribution in [3.05, 3.63) is 70.2 Å². The van der Waals surface area contributed by atoms with E-state index in [0.717, 1.165) is 42.7 Å². The predicted molar refractivity (Wildman–Crippen MR) is 127 cm³/mol. The Hall–Kier alpha value is -1.94. The number of nitrogens with zero attached hydrogens (tertiary/aromatic N) is 4. The molecule has 2 N–H and O–H groups in total. The summed E-state index contributed by atoms with van der Waals surface area (Å²) in [6, 6.07) is 10.4. The van der Waals surface area contributed by atoms with Gasteiger partial charge < -0.3 is 15.2 Å². The topological polar surface area (TPSA) is 67.1 Å². The largest absolute Gasteiger partial charge is 0.356 e. The molecular formula is C20H27IN6S. The Bertz CT molecular complexity index is 858. The van der Waals surface area contributed by atoms with Crippen LogP contribution >= 0.6 is 35.3 Å². The number of hydrogen-bond donors (Lipinski definition) is 2. The maximum Gasteiger partial charge on any atom is 0.191 e. The number of aryl methyl sites for hydroxylation is 1. The van der Waals surface area contributed by atoms with Gasteiger partial charge in [-0.25, -0.2) is 9.97 Å². The van der Waals surface area contributed by atoms with Crippen LogP contribution in [0.5, 0.6) is 0 Å². The van der Waals surface area contributed by atoms with Crippen LogP contribution in [0.1, 0.15) is 28.2 Å². The summed E-state index contributed by atoms with van der Waals surface area (Å²) in [4.78, 5) is 14.5. The van der Waals surface area contributed by atoms with Crippen LogP contribution in [0.25, 0.3) is 0 Å². The SMILES string of the molecule is CCc1cnc(CNC(=NC)NCCc2nccn2Cc2ccccc2)s1.I. The van der Waals surface area contributed by atoms with E-state index in [1.165, 1.54) is 10.4 Å². The molecule has 0 atom stereocenters. The lowest BCUT2D eigenvalue weighted by Crippen LogP contribution is -2.38. The number of benzene rings is 1. The Kier molecular flexibility index (Phi) is 9.42. The van der Waals surface area contributed by atoms with Gasteiger partial charge in [-0.05, 0) is 12.0 Å². The van der Waals surface area contributed by atoms with Gasteiger partial charge >= 0.3 is 0 Å². The molecule has 0 aliphatic rings. The molecule has 2 heterocycles. The van der Waals surface area contributed by atoms with Crippen molar-refractivity contribution in [3.63, 3.8) is 0 Å². The zero-order chi connectivity index (χ0) is 18.9. The number of guanidine groups is 1. The fraction of sp³-hybridized carbons (Fsp3) is 0.350. The van der Waals surface area contributed by atoms with Gasteiger partial charge in [0.25, 0.3) is 0 Å². The minimum absolute atomic E-state index is 0. The molecule has 0 radical (unpaired) electrons. The molecule has 0 fully saturated rings. The van der Waals surface area contributed by atoms with Crippen molar-refractivity contribution >= 4 is 41.3 Å². The van der Waals surface area contributed by atoms with Crippen molar-refractivity contribution in [3.8, 4) is 0 Å². The van der Waals surface area contributed by atoms with Crippen LogP contribution in [0.15, 0.2) is 53.9 Å². The molecule has 0 saturated heterocycles.